The minimum Gasteiger partial charge on any atom is -0.375 e. The Morgan fingerprint density at radius 2 is 2.05 bits per heavy atom. The van der Waals surface area contributed by atoms with Crippen molar-refractivity contribution in [1.82, 2.24) is 5.32 Å². The molecule has 2 nitrogen and oxygen atoms in total. The van der Waals surface area contributed by atoms with E-state index in [4.69, 9.17) is 4.74 Å². The Morgan fingerprint density at radius 3 is 2.65 bits per heavy atom. The summed E-state index contributed by atoms with van der Waals surface area (Å²) in [7, 11) is 0. The molecular weight excluding hydrogens is 246 g/mol. The van der Waals surface area contributed by atoms with Gasteiger partial charge in [-0.15, -0.1) is 0 Å². The van der Waals surface area contributed by atoms with E-state index in [1.54, 1.807) is 6.42 Å². The molecule has 4 fully saturated rings. The molecule has 2 aliphatic carbocycles. The Hall–Kier alpha value is -0.0800. The van der Waals surface area contributed by atoms with E-state index in [1.807, 2.05) is 0 Å². The van der Waals surface area contributed by atoms with Crippen LogP contribution >= 0.6 is 0 Å². The zero-order valence-electron chi connectivity index (χ0n) is 13.0. The van der Waals surface area contributed by atoms with Crippen molar-refractivity contribution in [3.63, 3.8) is 0 Å². The van der Waals surface area contributed by atoms with Crippen molar-refractivity contribution in [3.8, 4) is 0 Å². The highest BCUT2D eigenvalue weighted by Crippen LogP contribution is 2.51. The zero-order valence-corrected chi connectivity index (χ0v) is 13.0. The molecule has 114 valence electrons. The van der Waals surface area contributed by atoms with Crippen molar-refractivity contribution < 1.29 is 4.74 Å². The van der Waals surface area contributed by atoms with Gasteiger partial charge in [-0.1, -0.05) is 13.3 Å². The van der Waals surface area contributed by atoms with E-state index in [0.717, 1.165) is 29.7 Å². The molecule has 2 heterocycles. The summed E-state index contributed by atoms with van der Waals surface area (Å²) in [5, 5.41) is 3.90. The van der Waals surface area contributed by atoms with Gasteiger partial charge in [-0.3, -0.25) is 0 Å². The Kier molecular flexibility index (Phi) is 3.80. The average Bonchev–Trinajstić information content (AvgIpc) is 3.21. The number of rotatable bonds is 6. The molecule has 0 spiro atoms. The van der Waals surface area contributed by atoms with Gasteiger partial charge in [0.1, 0.15) is 0 Å². The minimum absolute atomic E-state index is 0.591. The van der Waals surface area contributed by atoms with Gasteiger partial charge < -0.3 is 10.1 Å². The van der Waals surface area contributed by atoms with Gasteiger partial charge in [0.05, 0.1) is 12.2 Å². The molecule has 4 rings (SSSR count). The first-order valence-electron chi connectivity index (χ1n) is 9.22. The van der Waals surface area contributed by atoms with E-state index >= 15 is 0 Å². The maximum Gasteiger partial charge on any atom is 0.0623 e. The second kappa shape index (κ2) is 5.61. The maximum absolute atomic E-state index is 6.13. The summed E-state index contributed by atoms with van der Waals surface area (Å²) in [6, 6.07) is 0.745. The van der Waals surface area contributed by atoms with Crippen LogP contribution in [0.4, 0.5) is 0 Å². The quantitative estimate of drug-likeness (QED) is 0.798. The minimum atomic E-state index is 0.591. The fourth-order valence-electron chi connectivity index (χ4n) is 5.83. The van der Waals surface area contributed by atoms with Crippen molar-refractivity contribution in [2.75, 3.05) is 6.54 Å². The smallest absolute Gasteiger partial charge is 0.0623 e. The van der Waals surface area contributed by atoms with E-state index < -0.39 is 0 Å². The molecule has 2 saturated heterocycles. The van der Waals surface area contributed by atoms with Gasteiger partial charge in [0, 0.05) is 12.0 Å². The molecule has 0 amide bonds. The highest BCUT2D eigenvalue weighted by Gasteiger charge is 2.46. The van der Waals surface area contributed by atoms with E-state index in [9.17, 15) is 0 Å². The summed E-state index contributed by atoms with van der Waals surface area (Å²) in [6.45, 7) is 3.48. The number of fused-ring (bicyclic) bond motifs is 4. The van der Waals surface area contributed by atoms with Crippen molar-refractivity contribution >= 4 is 0 Å². The van der Waals surface area contributed by atoms with Crippen LogP contribution in [0.5, 0.6) is 0 Å². The first-order valence-corrected chi connectivity index (χ1v) is 9.22. The molecule has 0 radical (unpaired) electrons. The van der Waals surface area contributed by atoms with Crippen LogP contribution in [0.15, 0.2) is 0 Å². The standard InChI is InChI=1S/C18H31NO/c1-2-7-19-17(16-11-15-5-6-18(16)20-15)10-14-9-12-3-4-13(14)8-12/h12-19H,2-11H2,1H3. The maximum atomic E-state index is 6.13. The van der Waals surface area contributed by atoms with Crippen LogP contribution in [0, 0.1) is 23.7 Å². The summed E-state index contributed by atoms with van der Waals surface area (Å²) in [5.74, 6) is 4.01. The molecule has 7 unspecified atom stereocenters. The van der Waals surface area contributed by atoms with Gasteiger partial charge in [-0.2, -0.15) is 0 Å². The second-order valence-electron chi connectivity index (χ2n) is 8.00. The summed E-state index contributed by atoms with van der Waals surface area (Å²) in [5.41, 5.74) is 0. The van der Waals surface area contributed by atoms with E-state index in [1.165, 1.54) is 57.9 Å². The van der Waals surface area contributed by atoms with Crippen LogP contribution in [0.1, 0.15) is 64.7 Å². The molecule has 2 saturated carbocycles. The highest BCUT2D eigenvalue weighted by molar-refractivity contribution is 4.98. The number of hydrogen-bond donors (Lipinski definition) is 1. The van der Waals surface area contributed by atoms with Crippen molar-refractivity contribution in [1.29, 1.82) is 0 Å². The van der Waals surface area contributed by atoms with Gasteiger partial charge in [0.2, 0.25) is 0 Å². The third kappa shape index (κ3) is 2.43. The monoisotopic (exact) mass is 277 g/mol. The van der Waals surface area contributed by atoms with E-state index in [2.05, 4.69) is 12.2 Å². The molecular formula is C18H31NO. The van der Waals surface area contributed by atoms with Crippen molar-refractivity contribution in [3.05, 3.63) is 0 Å². The van der Waals surface area contributed by atoms with Crippen LogP contribution in [-0.4, -0.2) is 24.8 Å². The third-order valence-electron chi connectivity index (χ3n) is 6.77. The van der Waals surface area contributed by atoms with Crippen LogP contribution in [-0.2, 0) is 4.74 Å². The predicted octanol–water partition coefficient (Wildman–Crippen LogP) is 3.75. The van der Waals surface area contributed by atoms with E-state index in [0.29, 0.717) is 12.2 Å². The van der Waals surface area contributed by atoms with Gasteiger partial charge in [-0.25, -0.2) is 0 Å². The van der Waals surface area contributed by atoms with Crippen molar-refractivity contribution in [2.45, 2.75) is 83.0 Å². The fraction of sp³-hybridized carbons (Fsp3) is 1.00. The molecule has 4 aliphatic rings. The molecule has 4 bridgehead atoms. The summed E-state index contributed by atoms with van der Waals surface area (Å²) in [6.07, 6.45) is 14.1. The first-order chi connectivity index (χ1) is 9.83. The lowest BCUT2D eigenvalue weighted by Crippen LogP contribution is -2.42. The third-order valence-corrected chi connectivity index (χ3v) is 6.77. The fourth-order valence-corrected chi connectivity index (χ4v) is 5.83. The summed E-state index contributed by atoms with van der Waals surface area (Å²) in [4.78, 5) is 0. The molecule has 0 aromatic carbocycles. The van der Waals surface area contributed by atoms with Gasteiger partial charge in [0.15, 0.2) is 0 Å². The normalized spacial score (nSPS) is 47.2. The molecule has 2 heteroatoms. The number of ether oxygens (including phenoxy) is 1. The van der Waals surface area contributed by atoms with Crippen LogP contribution in [0.25, 0.3) is 0 Å². The number of nitrogens with one attached hydrogen (secondary N) is 1. The Balaban J connectivity index is 1.40. The lowest BCUT2D eigenvalue weighted by atomic mass is 9.76. The Labute approximate surface area is 124 Å². The second-order valence-corrected chi connectivity index (χ2v) is 8.00. The van der Waals surface area contributed by atoms with Crippen molar-refractivity contribution in [2.24, 2.45) is 23.7 Å². The molecule has 0 aromatic rings. The summed E-state index contributed by atoms with van der Waals surface area (Å²) >= 11 is 0. The summed E-state index contributed by atoms with van der Waals surface area (Å²) < 4.78 is 6.13. The molecule has 2 aliphatic heterocycles. The van der Waals surface area contributed by atoms with Crippen LogP contribution < -0.4 is 5.32 Å². The van der Waals surface area contributed by atoms with Gasteiger partial charge >= 0.3 is 0 Å². The first kappa shape index (κ1) is 13.6. The SMILES string of the molecule is CCCNC(CC1CC2CCC1C2)C1CC2CCC1O2. The van der Waals surface area contributed by atoms with Gasteiger partial charge in [0.25, 0.3) is 0 Å². The zero-order chi connectivity index (χ0) is 13.5. The van der Waals surface area contributed by atoms with E-state index in [-0.39, 0.29) is 0 Å². The lowest BCUT2D eigenvalue weighted by Gasteiger charge is -2.33. The largest absolute Gasteiger partial charge is 0.375 e. The lowest BCUT2D eigenvalue weighted by molar-refractivity contribution is 0.0818. The topological polar surface area (TPSA) is 21.3 Å². The Bertz CT molecular complexity index is 344. The number of hydrogen-bond acceptors (Lipinski definition) is 2. The van der Waals surface area contributed by atoms with Crippen LogP contribution in [0.2, 0.25) is 0 Å². The molecule has 0 aromatic heterocycles. The highest BCUT2D eigenvalue weighted by atomic mass is 16.5. The average molecular weight is 277 g/mol. The van der Waals surface area contributed by atoms with Crippen LogP contribution in [0.3, 0.4) is 0 Å². The molecule has 7 atom stereocenters. The Morgan fingerprint density at radius 1 is 1.10 bits per heavy atom. The molecule has 20 heavy (non-hydrogen) atoms. The van der Waals surface area contributed by atoms with Gasteiger partial charge in [-0.05, 0) is 75.7 Å². The molecule has 1 N–H and O–H groups in total. The predicted molar refractivity (Wildman–Crippen MR) is 81.6 cm³/mol.